The SMILES string of the molecule is OC1(CNC2CC2)CCN(Cc2ccccc2)C1. The van der Waals surface area contributed by atoms with Crippen molar-refractivity contribution in [3.63, 3.8) is 0 Å². The van der Waals surface area contributed by atoms with Crippen LogP contribution in [-0.4, -0.2) is 41.3 Å². The molecule has 1 saturated heterocycles. The van der Waals surface area contributed by atoms with Crippen LogP contribution in [0.3, 0.4) is 0 Å². The van der Waals surface area contributed by atoms with Crippen molar-refractivity contribution >= 4 is 0 Å². The van der Waals surface area contributed by atoms with E-state index in [0.29, 0.717) is 6.04 Å². The predicted octanol–water partition coefficient (Wildman–Crippen LogP) is 1.38. The maximum Gasteiger partial charge on any atom is 0.0910 e. The Labute approximate surface area is 109 Å². The smallest absolute Gasteiger partial charge is 0.0910 e. The lowest BCUT2D eigenvalue weighted by Gasteiger charge is -2.24. The minimum atomic E-state index is -0.516. The van der Waals surface area contributed by atoms with E-state index >= 15 is 0 Å². The topological polar surface area (TPSA) is 35.5 Å². The molecule has 0 bridgehead atoms. The van der Waals surface area contributed by atoms with Gasteiger partial charge in [0.05, 0.1) is 5.60 Å². The molecule has 3 rings (SSSR count). The van der Waals surface area contributed by atoms with E-state index < -0.39 is 5.60 Å². The molecule has 3 heteroatoms. The molecule has 1 aliphatic heterocycles. The first-order chi connectivity index (χ1) is 8.73. The van der Waals surface area contributed by atoms with Gasteiger partial charge in [-0.3, -0.25) is 4.90 Å². The molecular formula is C15H22N2O. The average molecular weight is 246 g/mol. The van der Waals surface area contributed by atoms with Crippen LogP contribution in [0.4, 0.5) is 0 Å². The molecule has 0 amide bonds. The molecule has 1 aliphatic carbocycles. The van der Waals surface area contributed by atoms with Crippen molar-refractivity contribution in [1.29, 1.82) is 0 Å². The Morgan fingerprint density at radius 3 is 2.78 bits per heavy atom. The number of hydrogen-bond donors (Lipinski definition) is 2. The molecular weight excluding hydrogens is 224 g/mol. The second kappa shape index (κ2) is 5.00. The summed E-state index contributed by atoms with van der Waals surface area (Å²) in [5.41, 5.74) is 0.814. The number of rotatable bonds is 5. The summed E-state index contributed by atoms with van der Waals surface area (Å²) in [5, 5.41) is 14.0. The van der Waals surface area contributed by atoms with Gasteiger partial charge in [-0.25, -0.2) is 0 Å². The van der Waals surface area contributed by atoms with E-state index in [4.69, 9.17) is 0 Å². The van der Waals surface area contributed by atoms with Gasteiger partial charge >= 0.3 is 0 Å². The Kier molecular flexibility index (Phi) is 3.37. The van der Waals surface area contributed by atoms with E-state index in [1.165, 1.54) is 18.4 Å². The molecule has 0 aromatic heterocycles. The van der Waals surface area contributed by atoms with Crippen molar-refractivity contribution in [2.24, 2.45) is 0 Å². The average Bonchev–Trinajstić information content (AvgIpc) is 3.14. The van der Waals surface area contributed by atoms with Crippen molar-refractivity contribution in [3.8, 4) is 0 Å². The maximum atomic E-state index is 10.5. The summed E-state index contributed by atoms with van der Waals surface area (Å²) < 4.78 is 0. The van der Waals surface area contributed by atoms with Crippen LogP contribution in [0.15, 0.2) is 30.3 Å². The lowest BCUT2D eigenvalue weighted by molar-refractivity contribution is 0.0480. The standard InChI is InChI=1S/C15H22N2O/c18-15(11-16-14-6-7-14)8-9-17(12-15)10-13-4-2-1-3-5-13/h1-5,14,16,18H,6-12H2. The fraction of sp³-hybridized carbons (Fsp3) is 0.600. The quantitative estimate of drug-likeness (QED) is 0.824. The van der Waals surface area contributed by atoms with E-state index in [1.54, 1.807) is 0 Å². The van der Waals surface area contributed by atoms with Crippen LogP contribution in [0, 0.1) is 0 Å². The molecule has 0 radical (unpaired) electrons. The van der Waals surface area contributed by atoms with Gasteiger partial charge in [-0.15, -0.1) is 0 Å². The first kappa shape index (κ1) is 12.2. The summed E-state index contributed by atoms with van der Waals surface area (Å²) in [5.74, 6) is 0. The third-order valence-electron chi connectivity index (χ3n) is 3.96. The zero-order chi connectivity index (χ0) is 12.4. The summed E-state index contributed by atoms with van der Waals surface area (Å²) >= 11 is 0. The normalized spacial score (nSPS) is 28.7. The zero-order valence-electron chi connectivity index (χ0n) is 10.8. The molecule has 0 spiro atoms. The van der Waals surface area contributed by atoms with Gasteiger partial charge in [-0.1, -0.05) is 30.3 Å². The largest absolute Gasteiger partial charge is 0.387 e. The van der Waals surface area contributed by atoms with Gasteiger partial charge in [0.1, 0.15) is 0 Å². The third kappa shape index (κ3) is 3.10. The highest BCUT2D eigenvalue weighted by Crippen LogP contribution is 2.25. The number of nitrogens with zero attached hydrogens (tertiary/aromatic N) is 1. The number of likely N-dealkylation sites (tertiary alicyclic amines) is 1. The summed E-state index contributed by atoms with van der Waals surface area (Å²) in [6.45, 7) is 3.49. The highest BCUT2D eigenvalue weighted by atomic mass is 16.3. The van der Waals surface area contributed by atoms with Crippen molar-refractivity contribution < 1.29 is 5.11 Å². The van der Waals surface area contributed by atoms with E-state index in [1.807, 2.05) is 6.07 Å². The maximum absolute atomic E-state index is 10.5. The first-order valence-corrected chi connectivity index (χ1v) is 6.96. The molecule has 1 unspecified atom stereocenters. The monoisotopic (exact) mass is 246 g/mol. The Morgan fingerprint density at radius 1 is 1.28 bits per heavy atom. The van der Waals surface area contributed by atoms with Gasteiger partial charge in [0.2, 0.25) is 0 Å². The molecule has 18 heavy (non-hydrogen) atoms. The number of hydrogen-bond acceptors (Lipinski definition) is 3. The minimum Gasteiger partial charge on any atom is -0.387 e. The van der Waals surface area contributed by atoms with Crippen molar-refractivity contribution in [2.75, 3.05) is 19.6 Å². The molecule has 2 aliphatic rings. The van der Waals surface area contributed by atoms with Crippen LogP contribution in [-0.2, 0) is 6.54 Å². The number of aliphatic hydroxyl groups is 1. The molecule has 1 heterocycles. The molecule has 1 saturated carbocycles. The van der Waals surface area contributed by atoms with Crippen molar-refractivity contribution in [2.45, 2.75) is 37.5 Å². The van der Waals surface area contributed by atoms with Crippen LogP contribution >= 0.6 is 0 Å². The number of nitrogens with one attached hydrogen (secondary N) is 1. The Hall–Kier alpha value is -0.900. The predicted molar refractivity (Wildman–Crippen MR) is 72.3 cm³/mol. The van der Waals surface area contributed by atoms with Gasteiger partial charge in [0.15, 0.2) is 0 Å². The zero-order valence-corrected chi connectivity index (χ0v) is 10.8. The number of β-amino-alcohol motifs (C(OH)–C–C–N with tert-alkyl or cyclic N) is 1. The Balaban J connectivity index is 1.50. The Morgan fingerprint density at radius 2 is 2.06 bits per heavy atom. The van der Waals surface area contributed by atoms with Crippen LogP contribution in [0.25, 0.3) is 0 Å². The first-order valence-electron chi connectivity index (χ1n) is 6.96. The fourth-order valence-electron chi connectivity index (χ4n) is 2.68. The third-order valence-corrected chi connectivity index (χ3v) is 3.96. The van der Waals surface area contributed by atoms with Gasteiger partial charge < -0.3 is 10.4 Å². The highest BCUT2D eigenvalue weighted by molar-refractivity contribution is 5.15. The summed E-state index contributed by atoms with van der Waals surface area (Å²) in [6, 6.07) is 11.2. The Bertz CT molecular complexity index is 391. The van der Waals surface area contributed by atoms with Gasteiger partial charge in [-0.05, 0) is 24.8 Å². The highest BCUT2D eigenvalue weighted by Gasteiger charge is 2.37. The van der Waals surface area contributed by atoms with E-state index in [9.17, 15) is 5.11 Å². The van der Waals surface area contributed by atoms with Gasteiger partial charge in [0, 0.05) is 32.2 Å². The van der Waals surface area contributed by atoms with Crippen LogP contribution in [0.5, 0.6) is 0 Å². The van der Waals surface area contributed by atoms with Crippen LogP contribution in [0.2, 0.25) is 0 Å². The second-order valence-electron chi connectivity index (χ2n) is 5.83. The van der Waals surface area contributed by atoms with Gasteiger partial charge in [0.25, 0.3) is 0 Å². The summed E-state index contributed by atoms with van der Waals surface area (Å²) in [7, 11) is 0. The molecule has 98 valence electrons. The molecule has 2 N–H and O–H groups in total. The second-order valence-corrected chi connectivity index (χ2v) is 5.83. The lowest BCUT2D eigenvalue weighted by atomic mass is 10.0. The molecule has 1 aromatic carbocycles. The van der Waals surface area contributed by atoms with E-state index in [2.05, 4.69) is 34.5 Å². The fourth-order valence-corrected chi connectivity index (χ4v) is 2.68. The summed E-state index contributed by atoms with van der Waals surface area (Å²) in [4.78, 5) is 2.35. The van der Waals surface area contributed by atoms with Crippen molar-refractivity contribution in [1.82, 2.24) is 10.2 Å². The number of benzene rings is 1. The van der Waals surface area contributed by atoms with Gasteiger partial charge in [-0.2, -0.15) is 0 Å². The minimum absolute atomic E-state index is 0.516. The molecule has 1 atom stereocenters. The van der Waals surface area contributed by atoms with Crippen LogP contribution in [0.1, 0.15) is 24.8 Å². The van der Waals surface area contributed by atoms with Crippen molar-refractivity contribution in [3.05, 3.63) is 35.9 Å². The summed E-state index contributed by atoms with van der Waals surface area (Å²) in [6.07, 6.45) is 3.45. The molecule has 1 aromatic rings. The molecule has 2 fully saturated rings. The van der Waals surface area contributed by atoms with Crippen LogP contribution < -0.4 is 5.32 Å². The van der Waals surface area contributed by atoms with E-state index in [0.717, 1.165) is 32.6 Å². The lowest BCUT2D eigenvalue weighted by Crippen LogP contribution is -2.43. The van der Waals surface area contributed by atoms with E-state index in [-0.39, 0.29) is 0 Å². The molecule has 3 nitrogen and oxygen atoms in total.